The van der Waals surface area contributed by atoms with Crippen LogP contribution in [0.15, 0.2) is 24.4 Å². The van der Waals surface area contributed by atoms with Crippen LogP contribution in [0.1, 0.15) is 33.6 Å². The van der Waals surface area contributed by atoms with Gasteiger partial charge in [-0.15, -0.1) is 0 Å². The van der Waals surface area contributed by atoms with Crippen LogP contribution in [0.5, 0.6) is 0 Å². The molecule has 2 N–H and O–H groups in total. The Bertz CT molecular complexity index is 607. The highest BCUT2D eigenvalue weighted by Gasteiger charge is 2.09. The van der Waals surface area contributed by atoms with Gasteiger partial charge in [-0.25, -0.2) is 0 Å². The van der Waals surface area contributed by atoms with E-state index in [0.717, 1.165) is 24.1 Å². The summed E-state index contributed by atoms with van der Waals surface area (Å²) in [6, 6.07) is 5.44. The number of carbonyl (C=O) groups excluding carboxylic acids is 1. The summed E-state index contributed by atoms with van der Waals surface area (Å²) in [5, 5.41) is 10.3. The van der Waals surface area contributed by atoms with Crippen LogP contribution >= 0.6 is 11.6 Å². The predicted molar refractivity (Wildman–Crippen MR) is 80.2 cm³/mol. The van der Waals surface area contributed by atoms with Gasteiger partial charge in [-0.05, 0) is 49.9 Å². The lowest BCUT2D eigenvalue weighted by Gasteiger charge is -2.07. The Hall–Kier alpha value is -1.81. The third-order valence-corrected chi connectivity index (χ3v) is 3.52. The first kappa shape index (κ1) is 14.6. The molecule has 0 spiro atoms. The predicted octanol–water partition coefficient (Wildman–Crippen LogP) is 3.04. The van der Waals surface area contributed by atoms with Crippen molar-refractivity contribution >= 4 is 17.5 Å². The molecule has 5 heteroatoms. The molecule has 2 aromatic rings. The van der Waals surface area contributed by atoms with Gasteiger partial charge in [-0.3, -0.25) is 9.89 Å². The molecule has 4 nitrogen and oxygen atoms in total. The molecule has 1 heterocycles. The lowest BCUT2D eigenvalue weighted by molar-refractivity contribution is 0.0953. The van der Waals surface area contributed by atoms with E-state index in [9.17, 15) is 4.79 Å². The van der Waals surface area contributed by atoms with Gasteiger partial charge < -0.3 is 5.32 Å². The minimum Gasteiger partial charge on any atom is -0.352 e. The van der Waals surface area contributed by atoms with Crippen LogP contribution in [0.25, 0.3) is 0 Å². The Kier molecular flexibility index (Phi) is 4.79. The van der Waals surface area contributed by atoms with Gasteiger partial charge in [0.1, 0.15) is 0 Å². The zero-order valence-electron chi connectivity index (χ0n) is 11.7. The van der Waals surface area contributed by atoms with Gasteiger partial charge >= 0.3 is 0 Å². The molecule has 0 fully saturated rings. The summed E-state index contributed by atoms with van der Waals surface area (Å²) >= 11 is 6.07. The Morgan fingerprint density at radius 3 is 2.85 bits per heavy atom. The number of carbonyl (C=O) groups is 1. The number of nitrogens with one attached hydrogen (secondary N) is 2. The summed E-state index contributed by atoms with van der Waals surface area (Å²) in [6.07, 6.45) is 3.59. The number of hydrogen-bond donors (Lipinski definition) is 2. The van der Waals surface area contributed by atoms with Crippen LogP contribution < -0.4 is 5.32 Å². The fraction of sp³-hybridized carbons (Fsp3) is 0.333. The number of nitrogens with zero attached hydrogens (tertiary/aromatic N) is 1. The monoisotopic (exact) mass is 291 g/mol. The number of aromatic nitrogens is 2. The number of halogens is 1. The fourth-order valence-electron chi connectivity index (χ4n) is 2.01. The van der Waals surface area contributed by atoms with Crippen molar-refractivity contribution in [2.24, 2.45) is 0 Å². The van der Waals surface area contributed by atoms with Gasteiger partial charge in [0.2, 0.25) is 0 Å². The summed E-state index contributed by atoms with van der Waals surface area (Å²) in [5.74, 6) is -0.126. The van der Waals surface area contributed by atoms with Crippen molar-refractivity contribution in [1.29, 1.82) is 0 Å². The summed E-state index contributed by atoms with van der Waals surface area (Å²) in [5.41, 5.74) is 3.84. The van der Waals surface area contributed by atoms with Crippen LogP contribution in [0.3, 0.4) is 0 Å². The maximum Gasteiger partial charge on any atom is 0.252 e. The largest absolute Gasteiger partial charge is 0.352 e. The number of hydrogen-bond acceptors (Lipinski definition) is 2. The molecule has 0 atom stereocenters. The summed E-state index contributed by atoms with van der Waals surface area (Å²) in [4.78, 5) is 12.0. The first-order chi connectivity index (χ1) is 9.58. The lowest BCUT2D eigenvalue weighted by atomic mass is 10.1. The number of H-pyrrole nitrogens is 1. The van der Waals surface area contributed by atoms with Crippen LogP contribution in [-0.4, -0.2) is 22.6 Å². The molecule has 1 aromatic heterocycles. The van der Waals surface area contributed by atoms with Crippen molar-refractivity contribution in [1.82, 2.24) is 15.5 Å². The number of benzene rings is 1. The van der Waals surface area contributed by atoms with Crippen LogP contribution in [-0.2, 0) is 6.42 Å². The maximum atomic E-state index is 12.0. The van der Waals surface area contributed by atoms with Crippen molar-refractivity contribution < 1.29 is 4.79 Å². The first-order valence-electron chi connectivity index (χ1n) is 6.61. The maximum absolute atomic E-state index is 12.0. The van der Waals surface area contributed by atoms with Gasteiger partial charge in [0.15, 0.2) is 0 Å². The SMILES string of the molecule is Cc1ccc(C(=O)NCCCc2cn[nH]c2C)c(Cl)c1. The minimum absolute atomic E-state index is 0.126. The molecular weight excluding hydrogens is 274 g/mol. The van der Waals surface area contributed by atoms with Crippen LogP contribution in [0.4, 0.5) is 0 Å². The van der Waals surface area contributed by atoms with Crippen LogP contribution in [0.2, 0.25) is 5.02 Å². The fourth-order valence-corrected chi connectivity index (χ4v) is 2.33. The molecule has 0 bridgehead atoms. The third-order valence-electron chi connectivity index (χ3n) is 3.21. The highest BCUT2D eigenvalue weighted by molar-refractivity contribution is 6.33. The number of rotatable bonds is 5. The van der Waals surface area contributed by atoms with Gasteiger partial charge in [-0.1, -0.05) is 17.7 Å². The Balaban J connectivity index is 1.82. The average molecular weight is 292 g/mol. The number of aromatic amines is 1. The van der Waals surface area contributed by atoms with E-state index in [1.807, 2.05) is 26.1 Å². The van der Waals surface area contributed by atoms with Gasteiger partial charge in [0.05, 0.1) is 16.8 Å². The molecule has 0 saturated heterocycles. The molecule has 1 aromatic carbocycles. The third kappa shape index (κ3) is 3.61. The first-order valence-corrected chi connectivity index (χ1v) is 6.99. The number of aryl methyl sites for hydroxylation is 3. The number of amides is 1. The second-order valence-corrected chi connectivity index (χ2v) is 5.27. The second-order valence-electron chi connectivity index (χ2n) is 4.86. The second kappa shape index (κ2) is 6.57. The van der Waals surface area contributed by atoms with E-state index in [1.54, 1.807) is 12.1 Å². The molecule has 2 rings (SSSR count). The van der Waals surface area contributed by atoms with E-state index >= 15 is 0 Å². The zero-order valence-corrected chi connectivity index (χ0v) is 12.4. The van der Waals surface area contributed by atoms with Crippen molar-refractivity contribution in [3.8, 4) is 0 Å². The minimum atomic E-state index is -0.126. The van der Waals surface area contributed by atoms with Crippen molar-refractivity contribution in [3.63, 3.8) is 0 Å². The van der Waals surface area contributed by atoms with Gasteiger partial charge in [-0.2, -0.15) is 5.10 Å². The zero-order chi connectivity index (χ0) is 14.5. The van der Waals surface area contributed by atoms with Gasteiger partial charge in [0.25, 0.3) is 5.91 Å². The highest BCUT2D eigenvalue weighted by Crippen LogP contribution is 2.17. The van der Waals surface area contributed by atoms with E-state index < -0.39 is 0 Å². The van der Waals surface area contributed by atoms with Gasteiger partial charge in [0, 0.05) is 12.2 Å². The average Bonchev–Trinajstić information content (AvgIpc) is 2.80. The molecule has 0 aliphatic heterocycles. The Morgan fingerprint density at radius 1 is 1.40 bits per heavy atom. The van der Waals surface area contributed by atoms with E-state index in [2.05, 4.69) is 15.5 Å². The lowest BCUT2D eigenvalue weighted by Crippen LogP contribution is -2.25. The molecule has 1 amide bonds. The molecular formula is C15H18ClN3O. The van der Waals surface area contributed by atoms with Crippen molar-refractivity contribution in [2.75, 3.05) is 6.54 Å². The standard InChI is InChI=1S/C15H18ClN3O/c1-10-5-6-13(14(16)8-10)15(20)17-7-3-4-12-9-18-19-11(12)2/h5-6,8-9H,3-4,7H2,1-2H3,(H,17,20)(H,18,19). The molecule has 0 unspecified atom stereocenters. The quantitative estimate of drug-likeness (QED) is 0.832. The smallest absolute Gasteiger partial charge is 0.252 e. The van der Waals surface area contributed by atoms with Crippen molar-refractivity contribution in [2.45, 2.75) is 26.7 Å². The molecule has 106 valence electrons. The topological polar surface area (TPSA) is 57.8 Å². The normalized spacial score (nSPS) is 10.6. The summed E-state index contributed by atoms with van der Waals surface area (Å²) in [7, 11) is 0. The Labute approximate surface area is 123 Å². The van der Waals surface area contributed by atoms with E-state index in [1.165, 1.54) is 5.56 Å². The molecule has 0 saturated carbocycles. The molecule has 0 radical (unpaired) electrons. The van der Waals surface area contributed by atoms with E-state index in [-0.39, 0.29) is 5.91 Å². The van der Waals surface area contributed by atoms with E-state index in [0.29, 0.717) is 17.1 Å². The molecule has 20 heavy (non-hydrogen) atoms. The van der Waals surface area contributed by atoms with E-state index in [4.69, 9.17) is 11.6 Å². The summed E-state index contributed by atoms with van der Waals surface area (Å²) in [6.45, 7) is 4.56. The molecule has 0 aliphatic rings. The summed E-state index contributed by atoms with van der Waals surface area (Å²) < 4.78 is 0. The van der Waals surface area contributed by atoms with Crippen LogP contribution in [0, 0.1) is 13.8 Å². The molecule has 0 aliphatic carbocycles. The van der Waals surface area contributed by atoms with Crippen molar-refractivity contribution in [3.05, 3.63) is 51.8 Å². The highest BCUT2D eigenvalue weighted by atomic mass is 35.5. The Morgan fingerprint density at radius 2 is 2.20 bits per heavy atom.